The predicted molar refractivity (Wildman–Crippen MR) is 90.6 cm³/mol. The number of hydrogen-bond acceptors (Lipinski definition) is 2. The highest BCUT2D eigenvalue weighted by Gasteiger charge is 2.50. The molecule has 4 aliphatic rings. The minimum Gasteiger partial charge on any atom is -0.310 e. The lowest BCUT2D eigenvalue weighted by Gasteiger charge is -2.56. The van der Waals surface area contributed by atoms with Crippen LogP contribution in [0.5, 0.6) is 0 Å². The Bertz CT molecular complexity index is 464. The van der Waals surface area contributed by atoms with Gasteiger partial charge in [0.05, 0.1) is 0 Å². The van der Waals surface area contributed by atoms with E-state index in [4.69, 9.17) is 0 Å². The van der Waals surface area contributed by atoms with Crippen LogP contribution >= 0.6 is 11.3 Å². The summed E-state index contributed by atoms with van der Waals surface area (Å²) < 4.78 is 0. The molecule has 1 atom stereocenters. The first kappa shape index (κ1) is 14.3. The van der Waals surface area contributed by atoms with Crippen LogP contribution in [0.4, 0.5) is 0 Å². The molecule has 1 N–H and O–H groups in total. The summed E-state index contributed by atoms with van der Waals surface area (Å²) in [5, 5.41) is 6.36. The van der Waals surface area contributed by atoms with E-state index in [1.165, 1.54) is 43.5 Å². The molecule has 1 nitrogen and oxygen atoms in total. The molecule has 21 heavy (non-hydrogen) atoms. The van der Waals surface area contributed by atoms with Gasteiger partial charge < -0.3 is 5.32 Å². The van der Waals surface area contributed by atoms with Crippen molar-refractivity contribution in [1.29, 1.82) is 0 Å². The van der Waals surface area contributed by atoms with Crippen molar-refractivity contribution in [1.82, 2.24) is 5.32 Å². The first-order valence-electron chi connectivity index (χ1n) is 9.03. The van der Waals surface area contributed by atoms with Crippen molar-refractivity contribution in [3.63, 3.8) is 0 Å². The Morgan fingerprint density at radius 2 is 1.81 bits per heavy atom. The highest BCUT2D eigenvalue weighted by molar-refractivity contribution is 7.10. The first-order chi connectivity index (χ1) is 10.2. The van der Waals surface area contributed by atoms with Gasteiger partial charge >= 0.3 is 0 Å². The molecule has 1 aromatic heterocycles. The minimum absolute atomic E-state index is 0.630. The van der Waals surface area contributed by atoms with Gasteiger partial charge in [-0.2, -0.15) is 0 Å². The molecule has 1 unspecified atom stereocenters. The monoisotopic (exact) mass is 303 g/mol. The molecule has 116 valence electrons. The Morgan fingerprint density at radius 3 is 2.33 bits per heavy atom. The van der Waals surface area contributed by atoms with E-state index in [1.54, 1.807) is 12.0 Å². The smallest absolute Gasteiger partial charge is 0.0362 e. The van der Waals surface area contributed by atoms with Crippen molar-refractivity contribution in [3.8, 4) is 0 Å². The van der Waals surface area contributed by atoms with E-state index in [0.29, 0.717) is 6.04 Å². The molecular formula is C19H29NS. The fourth-order valence-corrected chi connectivity index (χ4v) is 6.66. The van der Waals surface area contributed by atoms with Crippen molar-refractivity contribution in [2.75, 3.05) is 6.54 Å². The molecule has 0 saturated heterocycles. The van der Waals surface area contributed by atoms with E-state index in [-0.39, 0.29) is 0 Å². The molecule has 0 radical (unpaired) electrons. The summed E-state index contributed by atoms with van der Waals surface area (Å²) in [7, 11) is 0. The molecule has 0 amide bonds. The van der Waals surface area contributed by atoms with E-state index in [9.17, 15) is 0 Å². The lowest BCUT2D eigenvalue weighted by atomic mass is 9.50. The Hall–Kier alpha value is -0.340. The molecule has 0 aromatic carbocycles. The van der Waals surface area contributed by atoms with Gasteiger partial charge in [0.1, 0.15) is 0 Å². The van der Waals surface area contributed by atoms with E-state index in [1.807, 2.05) is 11.3 Å². The van der Waals surface area contributed by atoms with Gasteiger partial charge in [-0.15, -0.1) is 11.3 Å². The van der Waals surface area contributed by atoms with Crippen molar-refractivity contribution >= 4 is 11.3 Å². The summed E-state index contributed by atoms with van der Waals surface area (Å²) in [6.45, 7) is 5.71. The molecular weight excluding hydrogens is 274 g/mol. The lowest BCUT2D eigenvalue weighted by molar-refractivity contribution is -0.0524. The Balaban J connectivity index is 1.60. The molecule has 5 rings (SSSR count). The van der Waals surface area contributed by atoms with Crippen LogP contribution in [0.1, 0.15) is 61.9 Å². The van der Waals surface area contributed by atoms with Crippen LogP contribution in [0.3, 0.4) is 0 Å². The minimum atomic E-state index is 0.630. The fraction of sp³-hybridized carbons (Fsp3) is 0.789. The van der Waals surface area contributed by atoms with Gasteiger partial charge in [0.25, 0.3) is 0 Å². The van der Waals surface area contributed by atoms with Crippen LogP contribution in [-0.4, -0.2) is 6.54 Å². The third-order valence-corrected chi connectivity index (χ3v) is 7.29. The summed E-state index contributed by atoms with van der Waals surface area (Å²) in [5.74, 6) is 5.10. The van der Waals surface area contributed by atoms with Crippen molar-refractivity contribution in [2.45, 2.75) is 58.4 Å². The van der Waals surface area contributed by atoms with Crippen LogP contribution in [0.15, 0.2) is 11.4 Å². The number of aryl methyl sites for hydroxylation is 1. The fourth-order valence-electron chi connectivity index (χ4n) is 5.91. The summed E-state index contributed by atoms with van der Waals surface area (Å²) >= 11 is 1.93. The molecule has 1 heterocycles. The molecule has 4 aliphatic carbocycles. The maximum absolute atomic E-state index is 3.93. The van der Waals surface area contributed by atoms with Crippen LogP contribution in [0.25, 0.3) is 0 Å². The van der Waals surface area contributed by atoms with E-state index in [0.717, 1.165) is 29.6 Å². The zero-order valence-electron chi connectivity index (χ0n) is 13.5. The van der Waals surface area contributed by atoms with Crippen molar-refractivity contribution in [3.05, 3.63) is 21.9 Å². The molecule has 0 aliphatic heterocycles. The van der Waals surface area contributed by atoms with Crippen molar-refractivity contribution < 1.29 is 0 Å². The van der Waals surface area contributed by atoms with Gasteiger partial charge in [0, 0.05) is 10.9 Å². The normalized spacial score (nSPS) is 38.9. The molecule has 4 bridgehead atoms. The third kappa shape index (κ3) is 2.59. The number of rotatable bonds is 5. The molecule has 2 heteroatoms. The van der Waals surface area contributed by atoms with Crippen molar-refractivity contribution in [2.24, 2.45) is 29.6 Å². The third-order valence-electron chi connectivity index (χ3n) is 6.41. The Morgan fingerprint density at radius 1 is 1.14 bits per heavy atom. The SMILES string of the molecule is CCCNC(c1csc(C)c1)C1C2CC3CC(C2)CC1C3. The van der Waals surface area contributed by atoms with Gasteiger partial charge in [-0.05, 0) is 98.6 Å². The van der Waals surface area contributed by atoms with Gasteiger partial charge in [-0.25, -0.2) is 0 Å². The summed E-state index contributed by atoms with van der Waals surface area (Å²) in [4.78, 5) is 1.47. The largest absolute Gasteiger partial charge is 0.310 e. The van der Waals surface area contributed by atoms with E-state index >= 15 is 0 Å². The highest BCUT2D eigenvalue weighted by Crippen LogP contribution is 2.59. The molecule has 0 spiro atoms. The van der Waals surface area contributed by atoms with E-state index < -0.39 is 0 Å². The average Bonchev–Trinajstić information content (AvgIpc) is 2.87. The maximum atomic E-state index is 3.93. The standard InChI is InChI=1S/C19H29NS/c1-3-4-20-19(17-5-12(2)21-11-17)18-15-7-13-6-14(9-15)10-16(18)8-13/h5,11,13-16,18-20H,3-4,6-10H2,1-2H3. The zero-order chi connectivity index (χ0) is 14.4. The molecule has 1 aromatic rings. The highest BCUT2D eigenvalue weighted by atomic mass is 32.1. The summed E-state index contributed by atoms with van der Waals surface area (Å²) in [6, 6.07) is 3.08. The summed E-state index contributed by atoms with van der Waals surface area (Å²) in [6.07, 6.45) is 8.93. The summed E-state index contributed by atoms with van der Waals surface area (Å²) in [5.41, 5.74) is 1.59. The maximum Gasteiger partial charge on any atom is 0.0362 e. The van der Waals surface area contributed by atoms with E-state index in [2.05, 4.69) is 30.6 Å². The second-order valence-electron chi connectivity index (χ2n) is 7.93. The Labute approximate surface area is 133 Å². The lowest BCUT2D eigenvalue weighted by Crippen LogP contribution is -2.49. The molecule has 4 fully saturated rings. The Kier molecular flexibility index (Phi) is 3.87. The number of nitrogens with one attached hydrogen (secondary N) is 1. The predicted octanol–water partition coefficient (Wildman–Crippen LogP) is 5.17. The second-order valence-corrected chi connectivity index (χ2v) is 9.05. The van der Waals surface area contributed by atoms with Crippen LogP contribution in [-0.2, 0) is 0 Å². The average molecular weight is 304 g/mol. The topological polar surface area (TPSA) is 12.0 Å². The quantitative estimate of drug-likeness (QED) is 0.791. The van der Waals surface area contributed by atoms with Gasteiger partial charge in [0.15, 0.2) is 0 Å². The van der Waals surface area contributed by atoms with Gasteiger partial charge in [-0.1, -0.05) is 6.92 Å². The molecule has 4 saturated carbocycles. The van der Waals surface area contributed by atoms with Gasteiger partial charge in [0.2, 0.25) is 0 Å². The zero-order valence-corrected chi connectivity index (χ0v) is 14.3. The number of thiophene rings is 1. The van der Waals surface area contributed by atoms with Crippen LogP contribution in [0, 0.1) is 36.5 Å². The van der Waals surface area contributed by atoms with Crippen LogP contribution in [0.2, 0.25) is 0 Å². The second kappa shape index (κ2) is 5.70. The van der Waals surface area contributed by atoms with Crippen LogP contribution < -0.4 is 5.32 Å². The van der Waals surface area contributed by atoms with Gasteiger partial charge in [-0.3, -0.25) is 0 Å². The first-order valence-corrected chi connectivity index (χ1v) is 9.91. The number of hydrogen-bond donors (Lipinski definition) is 1.